The zero-order chi connectivity index (χ0) is 22.3. The molecule has 1 atom stereocenters. The van der Waals surface area contributed by atoms with Crippen LogP contribution in [-0.4, -0.2) is 28.2 Å². The number of nitrogens with two attached hydrogens (primary N) is 1. The van der Waals surface area contributed by atoms with Crippen LogP contribution in [0.1, 0.15) is 44.7 Å². The predicted octanol–water partition coefficient (Wildman–Crippen LogP) is 2.46. The standard InChI is InChI=1S/C22H32N4O4/c1-5-16-12-17(9-8-15(16)4)24-18-13-19(27)26(22(29)25-18)10-6-7-11-30-21(28)20(23)14(2)3/h8-9,12-14,20,24H,5-7,10-11,23H2,1-4H3,(H,25,29)/t20-/m0/s1. The second-order valence-electron chi connectivity index (χ2n) is 7.74. The highest BCUT2D eigenvalue weighted by Gasteiger charge is 2.18. The van der Waals surface area contributed by atoms with Gasteiger partial charge in [-0.3, -0.25) is 19.1 Å². The van der Waals surface area contributed by atoms with E-state index in [2.05, 4.69) is 17.2 Å². The van der Waals surface area contributed by atoms with Gasteiger partial charge >= 0.3 is 11.7 Å². The maximum Gasteiger partial charge on any atom is 0.329 e. The van der Waals surface area contributed by atoms with Gasteiger partial charge in [-0.25, -0.2) is 4.79 Å². The first-order valence-electron chi connectivity index (χ1n) is 10.4. The molecule has 2 aromatic rings. The molecule has 0 spiro atoms. The minimum atomic E-state index is -0.641. The molecular weight excluding hydrogens is 384 g/mol. The molecule has 0 amide bonds. The summed E-state index contributed by atoms with van der Waals surface area (Å²) in [5.74, 6) is -0.0724. The van der Waals surface area contributed by atoms with Gasteiger partial charge in [-0.2, -0.15) is 0 Å². The summed E-state index contributed by atoms with van der Waals surface area (Å²) < 4.78 is 6.27. The molecular formula is C22H32N4O4. The van der Waals surface area contributed by atoms with Crippen molar-refractivity contribution in [3.05, 3.63) is 56.2 Å². The van der Waals surface area contributed by atoms with Crippen LogP contribution >= 0.6 is 0 Å². The molecule has 30 heavy (non-hydrogen) atoms. The van der Waals surface area contributed by atoms with E-state index in [4.69, 9.17) is 10.5 Å². The van der Waals surface area contributed by atoms with Gasteiger partial charge in [0.2, 0.25) is 0 Å². The van der Waals surface area contributed by atoms with Crippen LogP contribution in [0, 0.1) is 12.8 Å². The van der Waals surface area contributed by atoms with E-state index in [1.165, 1.54) is 17.2 Å². The largest absolute Gasteiger partial charge is 0.465 e. The van der Waals surface area contributed by atoms with E-state index in [0.717, 1.165) is 16.7 Å². The van der Waals surface area contributed by atoms with Crippen molar-refractivity contribution >= 4 is 17.5 Å². The average Bonchev–Trinajstić information content (AvgIpc) is 2.70. The fourth-order valence-corrected chi connectivity index (χ4v) is 3.00. The van der Waals surface area contributed by atoms with E-state index >= 15 is 0 Å². The zero-order valence-corrected chi connectivity index (χ0v) is 18.2. The van der Waals surface area contributed by atoms with Crippen molar-refractivity contribution in [1.82, 2.24) is 9.55 Å². The van der Waals surface area contributed by atoms with Crippen molar-refractivity contribution in [3.8, 4) is 0 Å². The van der Waals surface area contributed by atoms with Crippen LogP contribution in [0.3, 0.4) is 0 Å². The summed E-state index contributed by atoms with van der Waals surface area (Å²) in [6.45, 7) is 8.28. The molecule has 0 aliphatic heterocycles. The highest BCUT2D eigenvalue weighted by atomic mass is 16.5. The number of aryl methyl sites for hydroxylation is 2. The molecule has 8 nitrogen and oxygen atoms in total. The van der Waals surface area contributed by atoms with E-state index in [1.807, 2.05) is 39.0 Å². The molecule has 1 aromatic heterocycles. The van der Waals surface area contributed by atoms with Gasteiger partial charge in [-0.05, 0) is 55.4 Å². The smallest absolute Gasteiger partial charge is 0.329 e. The molecule has 0 aliphatic rings. The number of aromatic amines is 1. The van der Waals surface area contributed by atoms with Crippen molar-refractivity contribution in [2.75, 3.05) is 11.9 Å². The van der Waals surface area contributed by atoms with Crippen LogP contribution in [0.4, 0.5) is 11.5 Å². The second-order valence-corrected chi connectivity index (χ2v) is 7.74. The summed E-state index contributed by atoms with van der Waals surface area (Å²) in [7, 11) is 0. The highest BCUT2D eigenvalue weighted by molar-refractivity contribution is 5.75. The number of benzene rings is 1. The molecule has 8 heteroatoms. The summed E-state index contributed by atoms with van der Waals surface area (Å²) >= 11 is 0. The lowest BCUT2D eigenvalue weighted by atomic mass is 10.1. The van der Waals surface area contributed by atoms with Crippen molar-refractivity contribution in [1.29, 1.82) is 0 Å². The number of hydrogen-bond acceptors (Lipinski definition) is 6. The zero-order valence-electron chi connectivity index (χ0n) is 18.2. The van der Waals surface area contributed by atoms with Gasteiger partial charge in [0.15, 0.2) is 0 Å². The number of nitrogens with one attached hydrogen (secondary N) is 2. The van der Waals surface area contributed by atoms with Crippen molar-refractivity contribution in [3.63, 3.8) is 0 Å². The van der Waals surface area contributed by atoms with Crippen LogP contribution in [0.25, 0.3) is 0 Å². The Balaban J connectivity index is 1.93. The molecule has 0 aliphatic carbocycles. The predicted molar refractivity (Wildman–Crippen MR) is 118 cm³/mol. The number of ether oxygens (including phenoxy) is 1. The van der Waals surface area contributed by atoms with Crippen LogP contribution in [0.15, 0.2) is 33.9 Å². The topological polar surface area (TPSA) is 119 Å². The number of unbranched alkanes of at least 4 members (excludes halogenated alkanes) is 1. The minimum absolute atomic E-state index is 0.00947. The van der Waals surface area contributed by atoms with Gasteiger partial charge in [0.05, 0.1) is 6.61 Å². The van der Waals surface area contributed by atoms with Gasteiger partial charge in [0.25, 0.3) is 5.56 Å². The summed E-state index contributed by atoms with van der Waals surface area (Å²) in [6, 6.07) is 6.64. The molecule has 0 saturated heterocycles. The first-order valence-corrected chi connectivity index (χ1v) is 10.4. The van der Waals surface area contributed by atoms with Gasteiger partial charge in [-0.1, -0.05) is 26.8 Å². The van der Waals surface area contributed by atoms with Crippen LogP contribution in [0.5, 0.6) is 0 Å². The average molecular weight is 417 g/mol. The second kappa shape index (κ2) is 10.8. The normalized spacial score (nSPS) is 12.1. The number of nitrogens with zero attached hydrogens (tertiary/aromatic N) is 1. The van der Waals surface area contributed by atoms with Crippen molar-refractivity contribution in [2.24, 2.45) is 11.7 Å². The van der Waals surface area contributed by atoms with Crippen molar-refractivity contribution < 1.29 is 9.53 Å². The summed E-state index contributed by atoms with van der Waals surface area (Å²) in [5, 5.41) is 3.08. The quantitative estimate of drug-likeness (QED) is 0.404. The Bertz CT molecular complexity index is 947. The van der Waals surface area contributed by atoms with Crippen LogP contribution < -0.4 is 22.3 Å². The summed E-state index contributed by atoms with van der Waals surface area (Å²) in [6.07, 6.45) is 1.96. The third-order valence-corrected chi connectivity index (χ3v) is 5.04. The SMILES string of the molecule is CCc1cc(Nc2cc(=O)n(CCCCOC(=O)[C@@H](N)C(C)C)c(=O)[nH]2)ccc1C. The first kappa shape index (κ1) is 23.4. The molecule has 164 valence electrons. The number of carbonyl (C=O) groups excluding carboxylic acids is 1. The number of anilines is 2. The third-order valence-electron chi connectivity index (χ3n) is 5.04. The Morgan fingerprint density at radius 1 is 1.23 bits per heavy atom. The molecule has 2 rings (SSSR count). The van der Waals surface area contributed by atoms with Crippen LogP contribution in [0.2, 0.25) is 0 Å². The van der Waals surface area contributed by atoms with E-state index in [-0.39, 0.29) is 24.6 Å². The van der Waals surface area contributed by atoms with Gasteiger partial charge < -0.3 is 15.8 Å². The van der Waals surface area contributed by atoms with E-state index in [0.29, 0.717) is 18.7 Å². The number of H-pyrrole nitrogens is 1. The molecule has 0 radical (unpaired) electrons. The Kier molecular flexibility index (Phi) is 8.41. The molecule has 1 aromatic carbocycles. The molecule has 0 saturated carbocycles. The van der Waals surface area contributed by atoms with Crippen LogP contribution in [-0.2, 0) is 22.5 Å². The summed E-state index contributed by atoms with van der Waals surface area (Å²) in [4.78, 5) is 39.1. The molecule has 0 unspecified atom stereocenters. The fraction of sp³-hybridized carbons (Fsp3) is 0.500. The van der Waals surface area contributed by atoms with Crippen molar-refractivity contribution in [2.45, 2.75) is 59.5 Å². The number of rotatable bonds is 10. The summed E-state index contributed by atoms with van der Waals surface area (Å²) in [5.41, 5.74) is 8.07. The van der Waals surface area contributed by atoms with Gasteiger partial charge in [0.1, 0.15) is 11.9 Å². The lowest BCUT2D eigenvalue weighted by Gasteiger charge is -2.14. The molecule has 4 N–H and O–H groups in total. The number of hydrogen-bond donors (Lipinski definition) is 3. The Morgan fingerprint density at radius 2 is 1.97 bits per heavy atom. The molecule has 0 bridgehead atoms. The highest BCUT2D eigenvalue weighted by Crippen LogP contribution is 2.18. The number of carbonyl (C=O) groups is 1. The van der Waals surface area contributed by atoms with Gasteiger partial charge in [0, 0.05) is 18.3 Å². The third kappa shape index (κ3) is 6.32. The Hall–Kier alpha value is -2.87. The minimum Gasteiger partial charge on any atom is -0.465 e. The molecule has 0 fully saturated rings. The van der Waals surface area contributed by atoms with E-state index < -0.39 is 17.7 Å². The fourth-order valence-electron chi connectivity index (χ4n) is 3.00. The first-order chi connectivity index (χ1) is 14.2. The number of aromatic nitrogens is 2. The van der Waals surface area contributed by atoms with E-state index in [9.17, 15) is 14.4 Å². The lowest BCUT2D eigenvalue weighted by molar-refractivity contribution is -0.146. The number of esters is 1. The lowest BCUT2D eigenvalue weighted by Crippen LogP contribution is -2.37. The van der Waals surface area contributed by atoms with Gasteiger partial charge in [-0.15, -0.1) is 0 Å². The maximum atomic E-state index is 12.4. The monoisotopic (exact) mass is 416 g/mol. The maximum absolute atomic E-state index is 12.4. The molecule has 1 heterocycles. The Morgan fingerprint density at radius 3 is 2.60 bits per heavy atom. The van der Waals surface area contributed by atoms with E-state index in [1.54, 1.807) is 0 Å². The Labute approximate surface area is 176 Å².